The lowest BCUT2D eigenvalue weighted by atomic mass is 10.2. The predicted molar refractivity (Wildman–Crippen MR) is 81.2 cm³/mol. The van der Waals surface area contributed by atoms with Crippen LogP contribution < -0.4 is 10.2 Å². The summed E-state index contributed by atoms with van der Waals surface area (Å²) in [6.45, 7) is 0. The monoisotopic (exact) mass is 318 g/mol. The fourth-order valence-electron chi connectivity index (χ4n) is 1.77. The van der Waals surface area contributed by atoms with Crippen LogP contribution in [0.25, 0.3) is 0 Å². The van der Waals surface area contributed by atoms with Crippen LogP contribution in [0, 0.1) is 0 Å². The average Bonchev–Trinajstić information content (AvgIpc) is 2.53. The van der Waals surface area contributed by atoms with Crippen LogP contribution in [0.15, 0.2) is 35.4 Å². The van der Waals surface area contributed by atoms with Gasteiger partial charge in [0.15, 0.2) is 28.7 Å². The number of rotatable bonds is 4. The minimum absolute atomic E-state index is 0.107. The molecule has 2 aromatic carbocycles. The van der Waals surface area contributed by atoms with Gasteiger partial charge in [0, 0.05) is 11.1 Å². The summed E-state index contributed by atoms with van der Waals surface area (Å²) in [5.41, 5.74) is 2.37. The number of phenols is 4. The largest absolute Gasteiger partial charge is 0.504 e. The summed E-state index contributed by atoms with van der Waals surface area (Å²) in [7, 11) is 1.40. The van der Waals surface area contributed by atoms with E-state index in [1.165, 1.54) is 13.3 Å². The Balaban J connectivity index is 2.13. The third-order valence-electron chi connectivity index (χ3n) is 2.95. The number of carbonyl (C=O) groups is 1. The second kappa shape index (κ2) is 6.56. The van der Waals surface area contributed by atoms with E-state index in [1.807, 2.05) is 0 Å². The summed E-state index contributed by atoms with van der Waals surface area (Å²) in [5, 5.41) is 41.4. The first kappa shape index (κ1) is 16.0. The first-order valence-electron chi connectivity index (χ1n) is 6.38. The van der Waals surface area contributed by atoms with Gasteiger partial charge in [0.25, 0.3) is 5.91 Å². The number of methoxy groups -OCH3 is 1. The standard InChI is InChI=1S/C15H14N2O6/c1-23-12-4-2-3-8(13(12)20)7-16-17-15(22)9-5-10(18)14(21)11(19)6-9/h2-7,18-21H,1H3,(H,17,22)/b16-7-. The molecular formula is C15H14N2O6. The number of para-hydroxylation sites is 1. The van der Waals surface area contributed by atoms with Crippen molar-refractivity contribution in [1.82, 2.24) is 5.43 Å². The molecule has 2 aromatic rings. The molecule has 5 N–H and O–H groups in total. The molecule has 23 heavy (non-hydrogen) atoms. The van der Waals surface area contributed by atoms with Crippen LogP contribution in [0.2, 0.25) is 0 Å². The third kappa shape index (κ3) is 3.43. The van der Waals surface area contributed by atoms with Crippen molar-refractivity contribution in [3.63, 3.8) is 0 Å². The Bertz CT molecular complexity index is 750. The summed E-state index contributed by atoms with van der Waals surface area (Å²) in [5.74, 6) is -2.59. The number of hydrazone groups is 1. The highest BCUT2D eigenvalue weighted by molar-refractivity contribution is 5.96. The minimum atomic E-state index is -0.728. The summed E-state index contributed by atoms with van der Waals surface area (Å²) < 4.78 is 4.94. The number of amides is 1. The van der Waals surface area contributed by atoms with Crippen molar-refractivity contribution in [2.45, 2.75) is 0 Å². The maximum atomic E-state index is 11.8. The van der Waals surface area contributed by atoms with Gasteiger partial charge in [0.2, 0.25) is 0 Å². The van der Waals surface area contributed by atoms with Gasteiger partial charge in [-0.05, 0) is 24.3 Å². The second-order valence-electron chi connectivity index (χ2n) is 4.46. The summed E-state index contributed by atoms with van der Waals surface area (Å²) in [4.78, 5) is 11.8. The van der Waals surface area contributed by atoms with E-state index in [2.05, 4.69) is 10.5 Å². The highest BCUT2D eigenvalue weighted by atomic mass is 16.5. The molecule has 2 rings (SSSR count). The third-order valence-corrected chi connectivity index (χ3v) is 2.95. The number of hydrogen-bond donors (Lipinski definition) is 5. The molecular weight excluding hydrogens is 304 g/mol. The molecule has 0 unspecified atom stereocenters. The Kier molecular flexibility index (Phi) is 4.55. The number of benzene rings is 2. The first-order chi connectivity index (χ1) is 10.9. The van der Waals surface area contributed by atoms with Gasteiger partial charge in [0.05, 0.1) is 13.3 Å². The van der Waals surface area contributed by atoms with Crippen LogP contribution in [0.4, 0.5) is 0 Å². The van der Waals surface area contributed by atoms with E-state index in [1.54, 1.807) is 18.2 Å². The number of hydrogen-bond acceptors (Lipinski definition) is 7. The van der Waals surface area contributed by atoms with Crippen molar-refractivity contribution in [2.75, 3.05) is 7.11 Å². The molecule has 0 heterocycles. The number of nitrogens with one attached hydrogen (secondary N) is 1. The van der Waals surface area contributed by atoms with E-state index in [0.29, 0.717) is 5.56 Å². The number of phenolic OH excluding ortho intramolecular Hbond substituents is 4. The SMILES string of the molecule is COc1cccc(/C=N\NC(=O)c2cc(O)c(O)c(O)c2)c1O. The Morgan fingerprint density at radius 3 is 2.39 bits per heavy atom. The highest BCUT2D eigenvalue weighted by Gasteiger charge is 2.13. The van der Waals surface area contributed by atoms with Crippen LogP contribution in [0.3, 0.4) is 0 Å². The molecule has 0 bridgehead atoms. The van der Waals surface area contributed by atoms with E-state index in [9.17, 15) is 25.2 Å². The molecule has 1 amide bonds. The summed E-state index contributed by atoms with van der Waals surface area (Å²) >= 11 is 0. The van der Waals surface area contributed by atoms with Gasteiger partial charge in [-0.2, -0.15) is 5.10 Å². The molecule has 0 saturated heterocycles. The molecule has 120 valence electrons. The normalized spacial score (nSPS) is 10.7. The molecule has 0 radical (unpaired) electrons. The lowest BCUT2D eigenvalue weighted by molar-refractivity contribution is 0.0954. The van der Waals surface area contributed by atoms with Gasteiger partial charge in [-0.15, -0.1) is 0 Å². The molecule has 0 aliphatic heterocycles. The summed E-state index contributed by atoms with van der Waals surface area (Å²) in [6, 6.07) is 6.71. The van der Waals surface area contributed by atoms with Crippen LogP contribution in [0.1, 0.15) is 15.9 Å². The van der Waals surface area contributed by atoms with Crippen molar-refractivity contribution >= 4 is 12.1 Å². The highest BCUT2D eigenvalue weighted by Crippen LogP contribution is 2.35. The molecule has 0 atom stereocenters. The topological polar surface area (TPSA) is 132 Å². The van der Waals surface area contributed by atoms with Gasteiger partial charge in [-0.3, -0.25) is 4.79 Å². The average molecular weight is 318 g/mol. The van der Waals surface area contributed by atoms with Crippen molar-refractivity contribution < 1.29 is 30.0 Å². The first-order valence-corrected chi connectivity index (χ1v) is 6.38. The molecule has 0 saturated carbocycles. The van der Waals surface area contributed by atoms with Gasteiger partial charge >= 0.3 is 0 Å². The van der Waals surface area contributed by atoms with Crippen LogP contribution in [-0.2, 0) is 0 Å². The van der Waals surface area contributed by atoms with E-state index in [4.69, 9.17) is 4.74 Å². The molecule has 0 aliphatic rings. The van der Waals surface area contributed by atoms with Gasteiger partial charge in [0.1, 0.15) is 0 Å². The second-order valence-corrected chi connectivity index (χ2v) is 4.46. The molecule has 0 spiro atoms. The maximum absolute atomic E-state index is 11.8. The maximum Gasteiger partial charge on any atom is 0.271 e. The number of ether oxygens (including phenoxy) is 1. The zero-order chi connectivity index (χ0) is 17.0. The zero-order valence-corrected chi connectivity index (χ0v) is 12.0. The van der Waals surface area contributed by atoms with Gasteiger partial charge in [-0.1, -0.05) is 6.07 Å². The van der Waals surface area contributed by atoms with Crippen molar-refractivity contribution in [3.8, 4) is 28.7 Å². The fourth-order valence-corrected chi connectivity index (χ4v) is 1.77. The lowest BCUT2D eigenvalue weighted by Crippen LogP contribution is -2.17. The molecule has 8 nitrogen and oxygen atoms in total. The fraction of sp³-hybridized carbons (Fsp3) is 0.0667. The van der Waals surface area contributed by atoms with Crippen LogP contribution >= 0.6 is 0 Å². The van der Waals surface area contributed by atoms with E-state index in [-0.39, 0.29) is 17.1 Å². The number of aromatic hydroxyl groups is 4. The van der Waals surface area contributed by atoms with E-state index in [0.717, 1.165) is 12.1 Å². The Labute approximate surface area is 130 Å². The van der Waals surface area contributed by atoms with E-state index < -0.39 is 23.2 Å². The molecule has 0 aromatic heterocycles. The zero-order valence-electron chi connectivity index (χ0n) is 12.0. The van der Waals surface area contributed by atoms with Gasteiger partial charge < -0.3 is 25.2 Å². The van der Waals surface area contributed by atoms with Crippen molar-refractivity contribution in [1.29, 1.82) is 0 Å². The van der Waals surface area contributed by atoms with Crippen LogP contribution in [0.5, 0.6) is 28.7 Å². The van der Waals surface area contributed by atoms with Crippen molar-refractivity contribution in [2.24, 2.45) is 5.10 Å². The quantitative estimate of drug-likeness (QED) is 0.328. The van der Waals surface area contributed by atoms with E-state index >= 15 is 0 Å². The van der Waals surface area contributed by atoms with Gasteiger partial charge in [-0.25, -0.2) is 5.43 Å². The Morgan fingerprint density at radius 1 is 1.13 bits per heavy atom. The number of nitrogens with zero attached hydrogens (tertiary/aromatic N) is 1. The smallest absolute Gasteiger partial charge is 0.271 e. The summed E-state index contributed by atoms with van der Waals surface area (Å²) in [6.07, 6.45) is 1.20. The molecule has 0 fully saturated rings. The lowest BCUT2D eigenvalue weighted by Gasteiger charge is -2.06. The molecule has 0 aliphatic carbocycles. The van der Waals surface area contributed by atoms with Crippen molar-refractivity contribution in [3.05, 3.63) is 41.5 Å². The number of carbonyl (C=O) groups excluding carboxylic acids is 1. The van der Waals surface area contributed by atoms with Crippen LogP contribution in [-0.4, -0.2) is 39.7 Å². The molecule has 8 heteroatoms. The minimum Gasteiger partial charge on any atom is -0.504 e. The Morgan fingerprint density at radius 2 is 1.78 bits per heavy atom. The predicted octanol–water partition coefficient (Wildman–Crippen LogP) is 1.28. The Hall–Kier alpha value is -3.42.